The lowest BCUT2D eigenvalue weighted by molar-refractivity contribution is 0.102. The molecule has 0 unspecified atom stereocenters. The van der Waals surface area contributed by atoms with Crippen molar-refractivity contribution < 1.29 is 22.0 Å². The van der Waals surface area contributed by atoms with Crippen LogP contribution in [-0.2, 0) is 10.0 Å². The van der Waals surface area contributed by atoms with Crippen molar-refractivity contribution in [3.8, 4) is 0 Å². The molecule has 1 aromatic heterocycles. The van der Waals surface area contributed by atoms with Crippen LogP contribution in [-0.4, -0.2) is 24.5 Å². The van der Waals surface area contributed by atoms with Crippen LogP contribution in [0.4, 0.5) is 19.6 Å². The number of hydrogen-bond donors (Lipinski definition) is 2. The molecule has 1 amide bonds. The van der Waals surface area contributed by atoms with Gasteiger partial charge in [0, 0.05) is 6.07 Å². The summed E-state index contributed by atoms with van der Waals surface area (Å²) >= 11 is 6.47. The fourth-order valence-electron chi connectivity index (χ4n) is 1.94. The van der Waals surface area contributed by atoms with Gasteiger partial charge in [-0.2, -0.15) is 8.42 Å². The summed E-state index contributed by atoms with van der Waals surface area (Å²) in [7, 11) is -4.28. The Labute approximate surface area is 161 Å². The Kier molecular flexibility index (Phi) is 5.35. The van der Waals surface area contributed by atoms with Gasteiger partial charge in [0.1, 0.15) is 11.6 Å². The van der Waals surface area contributed by atoms with Crippen molar-refractivity contribution in [1.82, 2.24) is 10.2 Å². The Morgan fingerprint density at radius 1 is 1.11 bits per heavy atom. The lowest BCUT2D eigenvalue weighted by Crippen LogP contribution is -2.14. The molecule has 0 spiro atoms. The maximum Gasteiger partial charge on any atom is 0.291 e. The van der Waals surface area contributed by atoms with Gasteiger partial charge < -0.3 is 0 Å². The van der Waals surface area contributed by atoms with Crippen molar-refractivity contribution in [2.24, 2.45) is 0 Å². The predicted octanol–water partition coefficient (Wildman–Crippen LogP) is 3.52. The van der Waals surface area contributed by atoms with Gasteiger partial charge in [0.25, 0.3) is 20.3 Å². The Morgan fingerprint density at radius 2 is 1.85 bits per heavy atom. The number of nitrogens with zero attached hydrogens (tertiary/aromatic N) is 2. The van der Waals surface area contributed by atoms with E-state index in [1.807, 2.05) is 4.72 Å². The largest absolute Gasteiger partial charge is 0.296 e. The van der Waals surface area contributed by atoms with Gasteiger partial charge in [0.15, 0.2) is 0 Å². The van der Waals surface area contributed by atoms with Crippen molar-refractivity contribution in [3.63, 3.8) is 0 Å². The van der Waals surface area contributed by atoms with E-state index in [1.54, 1.807) is 12.1 Å². The van der Waals surface area contributed by atoms with E-state index in [0.717, 1.165) is 12.1 Å². The van der Waals surface area contributed by atoms with Gasteiger partial charge >= 0.3 is 0 Å². The maximum atomic E-state index is 13.6. The molecule has 3 aromatic rings. The summed E-state index contributed by atoms with van der Waals surface area (Å²) in [6, 6.07) is 8.63. The number of anilines is 2. The van der Waals surface area contributed by atoms with Crippen LogP contribution in [0.5, 0.6) is 0 Å². The van der Waals surface area contributed by atoms with E-state index in [0.29, 0.717) is 17.4 Å². The summed E-state index contributed by atoms with van der Waals surface area (Å²) < 4.78 is 52.5. The number of amides is 1. The zero-order valence-electron chi connectivity index (χ0n) is 13.1. The number of benzene rings is 2. The SMILES string of the molecule is O=C(Nc1nnc(S(=O)(=O)Nc2ccc(F)cc2F)s1)c1ccccc1Cl. The highest BCUT2D eigenvalue weighted by atomic mass is 35.5. The zero-order chi connectivity index (χ0) is 19.6. The summed E-state index contributed by atoms with van der Waals surface area (Å²) in [4.78, 5) is 12.2. The third-order valence-electron chi connectivity index (χ3n) is 3.15. The molecule has 0 aliphatic carbocycles. The van der Waals surface area contributed by atoms with E-state index in [9.17, 15) is 22.0 Å². The molecule has 0 aliphatic rings. The molecule has 0 atom stereocenters. The lowest BCUT2D eigenvalue weighted by atomic mass is 10.2. The second kappa shape index (κ2) is 7.55. The predicted molar refractivity (Wildman–Crippen MR) is 96.5 cm³/mol. The number of rotatable bonds is 5. The summed E-state index contributed by atoms with van der Waals surface area (Å²) in [5, 5.41) is 9.54. The molecular weight excluding hydrogens is 422 g/mol. The molecule has 2 N–H and O–H groups in total. The summed E-state index contributed by atoms with van der Waals surface area (Å²) in [6.45, 7) is 0. The van der Waals surface area contributed by atoms with Crippen molar-refractivity contribution in [2.45, 2.75) is 4.34 Å². The van der Waals surface area contributed by atoms with Crippen LogP contribution in [0.3, 0.4) is 0 Å². The third-order valence-corrected chi connectivity index (χ3v) is 6.05. The average molecular weight is 431 g/mol. The molecule has 0 aliphatic heterocycles. The molecule has 140 valence electrons. The minimum Gasteiger partial charge on any atom is -0.296 e. The monoisotopic (exact) mass is 430 g/mol. The van der Waals surface area contributed by atoms with Crippen molar-refractivity contribution >= 4 is 49.7 Å². The summed E-state index contributed by atoms with van der Waals surface area (Å²) in [5.74, 6) is -2.54. The highest BCUT2D eigenvalue weighted by Gasteiger charge is 2.23. The molecule has 27 heavy (non-hydrogen) atoms. The fourth-order valence-corrected chi connectivity index (χ4v) is 4.12. The average Bonchev–Trinajstić information content (AvgIpc) is 3.07. The maximum absolute atomic E-state index is 13.6. The Bertz CT molecular complexity index is 1120. The molecule has 3 rings (SSSR count). The van der Waals surface area contributed by atoms with E-state index >= 15 is 0 Å². The molecule has 7 nitrogen and oxygen atoms in total. The number of hydrogen-bond acceptors (Lipinski definition) is 6. The molecule has 1 heterocycles. The van der Waals surface area contributed by atoms with Crippen LogP contribution in [0.2, 0.25) is 5.02 Å². The van der Waals surface area contributed by atoms with Crippen LogP contribution in [0.1, 0.15) is 10.4 Å². The first-order chi connectivity index (χ1) is 12.8. The normalized spacial score (nSPS) is 11.2. The van der Waals surface area contributed by atoms with Gasteiger partial charge in [-0.15, -0.1) is 10.2 Å². The van der Waals surface area contributed by atoms with Crippen molar-refractivity contribution in [3.05, 3.63) is 64.7 Å². The highest BCUT2D eigenvalue weighted by molar-refractivity contribution is 7.94. The lowest BCUT2D eigenvalue weighted by Gasteiger charge is -2.06. The van der Waals surface area contributed by atoms with E-state index in [4.69, 9.17) is 11.6 Å². The Morgan fingerprint density at radius 3 is 2.56 bits per heavy atom. The molecular formula is C15H9ClF2N4O3S2. The molecule has 0 bridgehead atoms. The van der Waals surface area contributed by atoms with E-state index in [-0.39, 0.29) is 15.7 Å². The van der Waals surface area contributed by atoms with Crippen LogP contribution in [0.25, 0.3) is 0 Å². The molecule has 12 heteroatoms. The van der Waals surface area contributed by atoms with Gasteiger partial charge in [-0.05, 0) is 24.3 Å². The van der Waals surface area contributed by atoms with Crippen LogP contribution >= 0.6 is 22.9 Å². The van der Waals surface area contributed by atoms with Gasteiger partial charge in [-0.25, -0.2) is 8.78 Å². The van der Waals surface area contributed by atoms with Gasteiger partial charge in [-0.3, -0.25) is 14.8 Å². The number of sulfonamides is 1. The molecule has 0 radical (unpaired) electrons. The second-order valence-electron chi connectivity index (χ2n) is 5.04. The minimum atomic E-state index is -4.28. The first-order valence-electron chi connectivity index (χ1n) is 7.13. The van der Waals surface area contributed by atoms with Crippen LogP contribution in [0.15, 0.2) is 46.8 Å². The number of aromatic nitrogens is 2. The fraction of sp³-hybridized carbons (Fsp3) is 0. The zero-order valence-corrected chi connectivity index (χ0v) is 15.5. The van der Waals surface area contributed by atoms with E-state index in [1.165, 1.54) is 12.1 Å². The molecule has 0 fully saturated rings. The third kappa shape index (κ3) is 4.38. The number of carbonyl (C=O) groups excluding carboxylic acids is 1. The standard InChI is InChI=1S/C15H9ClF2N4O3S2/c16-10-4-2-1-3-9(10)13(23)19-14-20-21-15(26-14)27(24,25)22-12-6-5-8(17)7-11(12)18/h1-7,22H,(H,19,20,23). The van der Waals surface area contributed by atoms with E-state index in [2.05, 4.69) is 15.5 Å². The van der Waals surface area contributed by atoms with Gasteiger partial charge in [0.05, 0.1) is 16.3 Å². The van der Waals surface area contributed by atoms with Crippen LogP contribution < -0.4 is 10.0 Å². The molecule has 2 aromatic carbocycles. The quantitative estimate of drug-likeness (QED) is 0.603. The van der Waals surface area contributed by atoms with Gasteiger partial charge in [0.2, 0.25) is 5.13 Å². The van der Waals surface area contributed by atoms with Crippen LogP contribution in [0, 0.1) is 11.6 Å². The number of carbonyl (C=O) groups is 1. The topological polar surface area (TPSA) is 101 Å². The van der Waals surface area contributed by atoms with Crippen molar-refractivity contribution in [1.29, 1.82) is 0 Å². The Hall–Kier alpha value is -2.63. The number of nitrogens with one attached hydrogen (secondary N) is 2. The van der Waals surface area contributed by atoms with E-state index < -0.39 is 37.6 Å². The number of halogens is 3. The smallest absolute Gasteiger partial charge is 0.291 e. The first-order valence-corrected chi connectivity index (χ1v) is 9.81. The summed E-state index contributed by atoms with van der Waals surface area (Å²) in [6.07, 6.45) is 0. The highest BCUT2D eigenvalue weighted by Crippen LogP contribution is 2.25. The molecule has 0 saturated heterocycles. The Balaban J connectivity index is 1.78. The summed E-state index contributed by atoms with van der Waals surface area (Å²) in [5.41, 5.74) is -0.279. The van der Waals surface area contributed by atoms with Crippen molar-refractivity contribution in [2.75, 3.05) is 10.0 Å². The van der Waals surface area contributed by atoms with Gasteiger partial charge in [-0.1, -0.05) is 35.1 Å². The molecule has 0 saturated carbocycles. The second-order valence-corrected chi connectivity index (χ2v) is 8.28. The minimum absolute atomic E-state index is 0.0973. The first kappa shape index (κ1) is 19.1.